The maximum atomic E-state index is 6.19. The van der Waals surface area contributed by atoms with Crippen LogP contribution in [-0.4, -0.2) is 35.8 Å². The van der Waals surface area contributed by atoms with Crippen molar-refractivity contribution in [3.8, 4) is 5.75 Å². The van der Waals surface area contributed by atoms with Crippen LogP contribution in [0.2, 0.25) is 0 Å². The van der Waals surface area contributed by atoms with Gasteiger partial charge in [-0.15, -0.1) is 0 Å². The zero-order valence-electron chi connectivity index (χ0n) is 17.7. The van der Waals surface area contributed by atoms with Gasteiger partial charge in [0, 0.05) is 67.3 Å². The Morgan fingerprint density at radius 1 is 1.03 bits per heavy atom. The molecule has 3 aromatic rings. The van der Waals surface area contributed by atoms with Gasteiger partial charge in [-0.25, -0.2) is 0 Å². The first-order chi connectivity index (χ1) is 14.8. The topological polar surface area (TPSA) is 26.6 Å². The molecule has 4 heteroatoms. The van der Waals surface area contributed by atoms with Crippen molar-refractivity contribution in [3.63, 3.8) is 0 Å². The van der Waals surface area contributed by atoms with Gasteiger partial charge >= 0.3 is 0 Å². The van der Waals surface area contributed by atoms with Crippen LogP contribution >= 0.6 is 0 Å². The standard InChI is InChI=1S/C26H30N2O2/c1-27-12-19(21-6-2-4-8-24(21)27)13-28-14-20(16-29-15-18-10-11-18)23-17-30-25-9-5-3-7-22(25)26(23)28/h2-9,12,18,20,23,26H,10-11,13-17H2,1H3/t20-,23-,26-/m0/s1. The smallest absolute Gasteiger partial charge is 0.124 e. The van der Waals surface area contributed by atoms with E-state index in [9.17, 15) is 0 Å². The van der Waals surface area contributed by atoms with E-state index in [1.165, 1.54) is 34.9 Å². The van der Waals surface area contributed by atoms with Gasteiger partial charge < -0.3 is 14.0 Å². The Morgan fingerprint density at radius 3 is 2.77 bits per heavy atom. The third-order valence-electron chi connectivity index (χ3n) is 7.28. The van der Waals surface area contributed by atoms with E-state index >= 15 is 0 Å². The number of ether oxygens (including phenoxy) is 2. The molecular weight excluding hydrogens is 372 g/mol. The van der Waals surface area contributed by atoms with Gasteiger partial charge in [0.2, 0.25) is 0 Å². The second-order valence-electron chi connectivity index (χ2n) is 9.41. The number of hydrogen-bond acceptors (Lipinski definition) is 3. The van der Waals surface area contributed by atoms with Crippen molar-refractivity contribution in [3.05, 3.63) is 65.9 Å². The van der Waals surface area contributed by atoms with E-state index in [0.29, 0.717) is 17.9 Å². The Bertz CT molecular complexity index is 1050. The maximum absolute atomic E-state index is 6.19. The van der Waals surface area contributed by atoms with Gasteiger partial charge in [-0.3, -0.25) is 4.90 Å². The fourth-order valence-corrected chi connectivity index (χ4v) is 5.56. The number of para-hydroxylation sites is 2. The summed E-state index contributed by atoms with van der Waals surface area (Å²) in [6.07, 6.45) is 5.00. The predicted octanol–water partition coefficient (Wildman–Crippen LogP) is 4.79. The molecule has 3 atom stereocenters. The summed E-state index contributed by atoms with van der Waals surface area (Å²) in [4.78, 5) is 2.68. The summed E-state index contributed by atoms with van der Waals surface area (Å²) < 4.78 is 14.6. The number of aryl methyl sites for hydroxylation is 1. The Kier molecular flexibility index (Phi) is 4.58. The minimum absolute atomic E-state index is 0.406. The fourth-order valence-electron chi connectivity index (χ4n) is 5.56. The molecule has 4 nitrogen and oxygen atoms in total. The molecule has 2 aromatic carbocycles. The molecule has 1 aliphatic carbocycles. The number of likely N-dealkylation sites (tertiary alicyclic amines) is 1. The van der Waals surface area contributed by atoms with E-state index in [-0.39, 0.29) is 0 Å². The third-order valence-corrected chi connectivity index (χ3v) is 7.28. The molecule has 0 bridgehead atoms. The first-order valence-corrected chi connectivity index (χ1v) is 11.3. The van der Waals surface area contributed by atoms with E-state index in [1.807, 2.05) is 0 Å². The Hall–Kier alpha value is -2.30. The minimum Gasteiger partial charge on any atom is -0.493 e. The van der Waals surface area contributed by atoms with Crippen LogP contribution in [-0.2, 0) is 18.3 Å². The molecule has 0 N–H and O–H groups in total. The second-order valence-corrected chi connectivity index (χ2v) is 9.41. The van der Waals surface area contributed by atoms with Crippen molar-refractivity contribution in [1.82, 2.24) is 9.47 Å². The number of nitrogens with zero attached hydrogens (tertiary/aromatic N) is 2. The molecule has 0 unspecified atom stereocenters. The second kappa shape index (κ2) is 7.44. The molecule has 2 fully saturated rings. The van der Waals surface area contributed by atoms with Gasteiger partial charge in [-0.1, -0.05) is 36.4 Å². The monoisotopic (exact) mass is 402 g/mol. The molecular formula is C26H30N2O2. The summed E-state index contributed by atoms with van der Waals surface area (Å²) in [5, 5.41) is 1.37. The van der Waals surface area contributed by atoms with Gasteiger partial charge in [0.05, 0.1) is 13.2 Å². The summed E-state index contributed by atoms with van der Waals surface area (Å²) in [6, 6.07) is 17.8. The summed E-state index contributed by atoms with van der Waals surface area (Å²) in [6.45, 7) is 4.63. The van der Waals surface area contributed by atoms with Crippen molar-refractivity contribution >= 4 is 10.9 Å². The molecule has 156 valence electrons. The molecule has 30 heavy (non-hydrogen) atoms. The molecule has 1 aromatic heterocycles. The molecule has 0 amide bonds. The molecule has 1 saturated carbocycles. The van der Waals surface area contributed by atoms with Crippen LogP contribution in [0.5, 0.6) is 5.75 Å². The number of benzene rings is 2. The zero-order chi connectivity index (χ0) is 20.1. The van der Waals surface area contributed by atoms with Gasteiger partial charge in [-0.05, 0) is 36.5 Å². The van der Waals surface area contributed by atoms with Crippen LogP contribution in [0.1, 0.15) is 30.0 Å². The molecule has 3 aliphatic rings. The molecule has 6 rings (SSSR count). The van der Waals surface area contributed by atoms with E-state index in [1.54, 1.807) is 0 Å². The first kappa shape index (κ1) is 18.5. The van der Waals surface area contributed by atoms with Crippen molar-refractivity contribution in [2.45, 2.75) is 25.4 Å². The summed E-state index contributed by atoms with van der Waals surface area (Å²) >= 11 is 0. The normalized spacial score (nSPS) is 25.8. The average molecular weight is 403 g/mol. The van der Waals surface area contributed by atoms with Gasteiger partial charge in [-0.2, -0.15) is 0 Å². The van der Waals surface area contributed by atoms with Crippen LogP contribution in [0, 0.1) is 17.8 Å². The van der Waals surface area contributed by atoms with Crippen LogP contribution in [0.3, 0.4) is 0 Å². The molecule has 0 radical (unpaired) electrons. The highest BCUT2D eigenvalue weighted by atomic mass is 16.5. The van der Waals surface area contributed by atoms with E-state index < -0.39 is 0 Å². The van der Waals surface area contributed by atoms with Gasteiger partial charge in [0.1, 0.15) is 5.75 Å². The zero-order valence-corrected chi connectivity index (χ0v) is 17.7. The highest BCUT2D eigenvalue weighted by Gasteiger charge is 2.46. The maximum Gasteiger partial charge on any atom is 0.124 e. The predicted molar refractivity (Wildman–Crippen MR) is 119 cm³/mol. The highest BCUT2D eigenvalue weighted by molar-refractivity contribution is 5.83. The quantitative estimate of drug-likeness (QED) is 0.593. The fraction of sp³-hybridized carbons (Fsp3) is 0.462. The van der Waals surface area contributed by atoms with E-state index in [0.717, 1.165) is 44.6 Å². The van der Waals surface area contributed by atoms with Crippen LogP contribution in [0.4, 0.5) is 0 Å². The van der Waals surface area contributed by atoms with Crippen molar-refractivity contribution in [2.75, 3.05) is 26.4 Å². The minimum atomic E-state index is 0.406. The lowest BCUT2D eigenvalue weighted by atomic mass is 9.85. The Balaban J connectivity index is 1.30. The van der Waals surface area contributed by atoms with Gasteiger partial charge in [0.15, 0.2) is 0 Å². The van der Waals surface area contributed by atoms with Crippen molar-refractivity contribution in [2.24, 2.45) is 24.8 Å². The van der Waals surface area contributed by atoms with Crippen LogP contribution in [0.25, 0.3) is 10.9 Å². The lowest BCUT2D eigenvalue weighted by Crippen LogP contribution is -2.32. The van der Waals surface area contributed by atoms with Crippen molar-refractivity contribution in [1.29, 1.82) is 0 Å². The van der Waals surface area contributed by atoms with Gasteiger partial charge in [0.25, 0.3) is 0 Å². The number of fused-ring (bicyclic) bond motifs is 4. The summed E-state index contributed by atoms with van der Waals surface area (Å²) in [5.41, 5.74) is 4.06. The Morgan fingerprint density at radius 2 is 1.87 bits per heavy atom. The number of aromatic nitrogens is 1. The third kappa shape index (κ3) is 3.23. The van der Waals surface area contributed by atoms with Crippen LogP contribution < -0.4 is 4.74 Å². The van der Waals surface area contributed by atoms with Crippen LogP contribution in [0.15, 0.2) is 54.7 Å². The SMILES string of the molecule is Cn1cc(CN2C[C@@H](COCC3CC3)[C@@H]3COc4ccccc4[C@@H]32)c2ccccc21. The van der Waals surface area contributed by atoms with E-state index in [2.05, 4.69) is 71.2 Å². The average Bonchev–Trinajstić information content (AvgIpc) is 3.46. The Labute approximate surface area is 178 Å². The summed E-state index contributed by atoms with van der Waals surface area (Å²) in [7, 11) is 2.15. The number of rotatable bonds is 6. The lowest BCUT2D eigenvalue weighted by Gasteiger charge is -2.34. The lowest BCUT2D eigenvalue weighted by molar-refractivity contribution is 0.0641. The summed E-state index contributed by atoms with van der Waals surface area (Å²) in [5.74, 6) is 2.89. The largest absolute Gasteiger partial charge is 0.493 e. The highest BCUT2D eigenvalue weighted by Crippen LogP contribution is 2.48. The first-order valence-electron chi connectivity index (χ1n) is 11.3. The molecule has 1 saturated heterocycles. The van der Waals surface area contributed by atoms with E-state index in [4.69, 9.17) is 9.47 Å². The molecule has 3 heterocycles. The number of hydrogen-bond donors (Lipinski definition) is 0. The molecule has 0 spiro atoms. The molecule has 2 aliphatic heterocycles. The van der Waals surface area contributed by atoms with Crippen molar-refractivity contribution < 1.29 is 9.47 Å².